The second kappa shape index (κ2) is 14.2. The lowest BCUT2D eigenvalue weighted by Crippen LogP contribution is -2.37. The average molecular weight is 505 g/mol. The molecule has 0 saturated carbocycles. The van der Waals surface area contributed by atoms with Gasteiger partial charge in [-0.1, -0.05) is 102 Å². The van der Waals surface area contributed by atoms with Gasteiger partial charge in [0.25, 0.3) is 0 Å². The molecule has 0 amide bonds. The fourth-order valence-corrected chi connectivity index (χ4v) is 6.53. The highest BCUT2D eigenvalue weighted by molar-refractivity contribution is 6.09. The van der Waals surface area contributed by atoms with Crippen molar-refractivity contribution in [2.75, 3.05) is 0 Å². The van der Waals surface area contributed by atoms with Crippen molar-refractivity contribution in [3.63, 3.8) is 0 Å². The highest BCUT2D eigenvalue weighted by Gasteiger charge is 2.38. The molecular formula is C37H60. The molecule has 4 rings (SSSR count). The van der Waals surface area contributed by atoms with Gasteiger partial charge < -0.3 is 0 Å². The third kappa shape index (κ3) is 5.84. The summed E-state index contributed by atoms with van der Waals surface area (Å²) in [7, 11) is 0. The number of fused-ring (bicyclic) bond motifs is 3. The molecule has 0 heterocycles. The van der Waals surface area contributed by atoms with E-state index in [1.807, 2.05) is 55.4 Å². The van der Waals surface area contributed by atoms with Crippen molar-refractivity contribution in [1.29, 1.82) is 0 Å². The van der Waals surface area contributed by atoms with Gasteiger partial charge in [0.05, 0.1) is 0 Å². The van der Waals surface area contributed by atoms with Crippen LogP contribution >= 0.6 is 0 Å². The molecule has 0 nitrogen and oxygen atoms in total. The molecule has 208 valence electrons. The number of hydrogen-bond donors (Lipinski definition) is 0. The minimum Gasteiger partial charge on any atom is -0.0908 e. The van der Waals surface area contributed by atoms with Gasteiger partial charge in [-0.3, -0.25) is 0 Å². The molecule has 37 heavy (non-hydrogen) atoms. The first-order valence-electron chi connectivity index (χ1n) is 15.1. The monoisotopic (exact) mass is 504 g/mol. The SMILES string of the molecule is C=c1c2c(c(=C)c3c(C)c4c(C)c(C)cc(C)c4c(C)c13)C(C)CC(C)(C)C2C.CC.CC.CC.CC. The van der Waals surface area contributed by atoms with Crippen LogP contribution in [-0.2, 0) is 0 Å². The molecule has 0 aliphatic heterocycles. The maximum Gasteiger partial charge on any atom is -0.00700 e. The van der Waals surface area contributed by atoms with E-state index in [0.717, 1.165) is 0 Å². The predicted molar refractivity (Wildman–Crippen MR) is 176 cm³/mol. The van der Waals surface area contributed by atoms with E-state index < -0.39 is 0 Å². The predicted octanol–water partition coefficient (Wildman–Crippen LogP) is 11.1. The maximum absolute atomic E-state index is 4.70. The van der Waals surface area contributed by atoms with Gasteiger partial charge in [-0.15, -0.1) is 0 Å². The molecule has 3 aromatic rings. The van der Waals surface area contributed by atoms with Crippen molar-refractivity contribution in [3.8, 4) is 0 Å². The van der Waals surface area contributed by atoms with Crippen molar-refractivity contribution in [3.05, 3.63) is 55.4 Å². The van der Waals surface area contributed by atoms with E-state index in [2.05, 4.69) is 68.4 Å². The van der Waals surface area contributed by atoms with Gasteiger partial charge in [-0.05, 0) is 129 Å². The van der Waals surface area contributed by atoms with Crippen molar-refractivity contribution < 1.29 is 0 Å². The normalized spacial score (nSPS) is 17.1. The third-order valence-electron chi connectivity index (χ3n) is 8.27. The molecule has 2 atom stereocenters. The first-order chi connectivity index (χ1) is 17.4. The number of rotatable bonds is 0. The smallest absolute Gasteiger partial charge is 0.00700 e. The molecule has 0 heteroatoms. The fraction of sp³-hybridized carbons (Fsp3) is 0.568. The topological polar surface area (TPSA) is 0 Å². The molecule has 3 aromatic carbocycles. The molecule has 2 unspecified atom stereocenters. The lowest BCUT2D eigenvalue weighted by atomic mass is 9.62. The lowest BCUT2D eigenvalue weighted by Gasteiger charge is -2.42. The Morgan fingerprint density at radius 2 is 1.00 bits per heavy atom. The largest absolute Gasteiger partial charge is 0.0908 e. The summed E-state index contributed by atoms with van der Waals surface area (Å²) in [6, 6.07) is 2.34. The Hall–Kier alpha value is -2.08. The zero-order valence-corrected chi connectivity index (χ0v) is 27.9. The molecule has 1 aliphatic carbocycles. The summed E-state index contributed by atoms with van der Waals surface area (Å²) >= 11 is 0. The van der Waals surface area contributed by atoms with E-state index in [-0.39, 0.29) is 5.41 Å². The fourth-order valence-electron chi connectivity index (χ4n) is 6.53. The number of aryl methyl sites for hydroxylation is 5. The van der Waals surface area contributed by atoms with Crippen LogP contribution in [0.25, 0.3) is 34.7 Å². The third-order valence-corrected chi connectivity index (χ3v) is 8.27. The van der Waals surface area contributed by atoms with Crippen LogP contribution in [0.3, 0.4) is 0 Å². The molecule has 1 aliphatic rings. The number of hydrogen-bond acceptors (Lipinski definition) is 0. The van der Waals surface area contributed by atoms with Gasteiger partial charge >= 0.3 is 0 Å². The van der Waals surface area contributed by atoms with Crippen molar-refractivity contribution >= 4 is 34.7 Å². The molecule has 0 spiro atoms. The second-order valence-corrected chi connectivity index (χ2v) is 10.5. The molecule has 0 bridgehead atoms. The van der Waals surface area contributed by atoms with E-state index in [1.54, 1.807) is 0 Å². The van der Waals surface area contributed by atoms with Gasteiger partial charge in [0.2, 0.25) is 0 Å². The molecule has 0 saturated heterocycles. The van der Waals surface area contributed by atoms with Crippen molar-refractivity contribution in [1.82, 2.24) is 0 Å². The average Bonchev–Trinajstić information content (AvgIpc) is 2.88. The zero-order chi connectivity index (χ0) is 29.6. The van der Waals surface area contributed by atoms with Crippen LogP contribution in [0.2, 0.25) is 0 Å². The van der Waals surface area contributed by atoms with Crippen LogP contribution in [0.5, 0.6) is 0 Å². The van der Waals surface area contributed by atoms with Crippen molar-refractivity contribution in [2.24, 2.45) is 5.41 Å². The van der Waals surface area contributed by atoms with Crippen LogP contribution in [0.4, 0.5) is 0 Å². The molecule has 0 aromatic heterocycles. The highest BCUT2D eigenvalue weighted by atomic mass is 14.4. The minimum atomic E-state index is 0.280. The number of benzene rings is 3. The molecule has 0 fully saturated rings. The summed E-state index contributed by atoms with van der Waals surface area (Å²) in [6.45, 7) is 46.4. The van der Waals surface area contributed by atoms with Crippen LogP contribution in [0, 0.1) is 40.0 Å². The van der Waals surface area contributed by atoms with Crippen molar-refractivity contribution in [2.45, 2.75) is 136 Å². The summed E-state index contributed by atoms with van der Waals surface area (Å²) in [5.41, 5.74) is 10.1. The second-order valence-electron chi connectivity index (χ2n) is 10.5. The summed E-state index contributed by atoms with van der Waals surface area (Å²) in [4.78, 5) is 0. The zero-order valence-electron chi connectivity index (χ0n) is 27.9. The summed E-state index contributed by atoms with van der Waals surface area (Å²) in [5.74, 6) is 1.01. The first kappa shape index (κ1) is 34.9. The van der Waals surface area contributed by atoms with Gasteiger partial charge in [-0.25, -0.2) is 0 Å². The van der Waals surface area contributed by atoms with E-state index in [1.165, 1.54) is 77.3 Å². The summed E-state index contributed by atoms with van der Waals surface area (Å²) < 4.78 is 0. The van der Waals surface area contributed by atoms with Gasteiger partial charge in [0.1, 0.15) is 0 Å². The maximum atomic E-state index is 4.70. The Kier molecular flexibility index (Phi) is 13.4. The van der Waals surface area contributed by atoms with Gasteiger partial charge in [0, 0.05) is 0 Å². The van der Waals surface area contributed by atoms with Gasteiger partial charge in [-0.2, -0.15) is 0 Å². The summed E-state index contributed by atoms with van der Waals surface area (Å²) in [5, 5.41) is 8.03. The van der Waals surface area contributed by atoms with E-state index in [0.29, 0.717) is 11.8 Å². The first-order valence-corrected chi connectivity index (χ1v) is 15.1. The van der Waals surface area contributed by atoms with Crippen LogP contribution in [0.1, 0.15) is 140 Å². The van der Waals surface area contributed by atoms with E-state index >= 15 is 0 Å². The molecule has 0 N–H and O–H groups in total. The van der Waals surface area contributed by atoms with Crippen LogP contribution in [0.15, 0.2) is 6.07 Å². The van der Waals surface area contributed by atoms with Gasteiger partial charge in [0.15, 0.2) is 0 Å². The lowest BCUT2D eigenvalue weighted by molar-refractivity contribution is 0.236. The highest BCUT2D eigenvalue weighted by Crippen LogP contribution is 2.48. The summed E-state index contributed by atoms with van der Waals surface area (Å²) in [6.07, 6.45) is 1.21. The Bertz CT molecular complexity index is 1300. The Labute approximate surface area is 231 Å². The Morgan fingerprint density at radius 1 is 0.595 bits per heavy atom. The molecular weight excluding hydrogens is 444 g/mol. The Balaban J connectivity index is 0.00000148. The Morgan fingerprint density at radius 3 is 1.46 bits per heavy atom. The molecule has 0 radical (unpaired) electrons. The van der Waals surface area contributed by atoms with Crippen LogP contribution < -0.4 is 10.4 Å². The minimum absolute atomic E-state index is 0.280. The van der Waals surface area contributed by atoms with Crippen LogP contribution in [-0.4, -0.2) is 0 Å². The van der Waals surface area contributed by atoms with E-state index in [4.69, 9.17) is 13.2 Å². The standard InChI is InChI=1S/C29H36.4C2H6/c1-14-12-15(2)23-18(5)27-21(8)28-22(9)29(10,11)13-16(3)24(28)19(6)26(27)20(7)25(23)17(14)4;4*1-2/h12,16,22H,6,8,13H2,1-5,7,9-11H3;4*1-2H3. The van der Waals surface area contributed by atoms with E-state index in [9.17, 15) is 0 Å². The quantitative estimate of drug-likeness (QED) is 0.267.